The van der Waals surface area contributed by atoms with Gasteiger partial charge in [-0.2, -0.15) is 0 Å². The van der Waals surface area contributed by atoms with Crippen molar-refractivity contribution in [2.24, 2.45) is 0 Å². The molecule has 6 nitrogen and oxygen atoms in total. The van der Waals surface area contributed by atoms with Crippen LogP contribution in [-0.2, 0) is 38.5 Å². The average molecular weight is 1150 g/mol. The van der Waals surface area contributed by atoms with Gasteiger partial charge in [0, 0.05) is 38.5 Å². The molecule has 6 aromatic rings. The van der Waals surface area contributed by atoms with E-state index < -0.39 is 49.9 Å². The van der Waals surface area contributed by atoms with E-state index in [-0.39, 0.29) is 0 Å². The van der Waals surface area contributed by atoms with E-state index in [1.165, 1.54) is 100 Å². The van der Waals surface area contributed by atoms with Crippen LogP contribution >= 0.6 is 0 Å². The molecule has 6 aromatic carbocycles. The van der Waals surface area contributed by atoms with Gasteiger partial charge in [-0.15, -0.1) is 0 Å². The van der Waals surface area contributed by atoms with Crippen LogP contribution in [0.2, 0.25) is 118 Å². The first-order valence-electron chi connectivity index (χ1n) is 28.6. The van der Waals surface area contributed by atoms with Gasteiger partial charge in [0.25, 0.3) is 0 Å². The molecule has 0 aromatic heterocycles. The maximum Gasteiger partial charge on any atom is 0.242 e. The van der Waals surface area contributed by atoms with Gasteiger partial charge in [0.1, 0.15) is 34.5 Å². The molecular weight excluding hydrogens is 1060 g/mol. The Labute approximate surface area is 478 Å². The Morgan fingerprint density at radius 3 is 0.359 bits per heavy atom. The zero-order valence-electron chi connectivity index (χ0n) is 52.6. The fraction of sp³-hybridized carbons (Fsp3) is 0.455. The highest BCUT2D eigenvalue weighted by Gasteiger charge is 2.32. The standard InChI is InChI=1S/C66H96O6Si6/c1-43-25-49-37-51-27-44(2)29-53(62(51)68-74(10,11)12)39-55-31-46(4)33-57(64(55)70-76(16,17)18)41-59-35-48(6)36-60(66(59)72-78(22,23)24)42-58-34-47(5)32-56(65(58)71-77(19,20)21)40-54-30-45(3)28-52(63(54)69-75(13,14)15)38-50(26-43)61(49)67-73(7,8)9/h25-36H,37-42H2,1-24H3. The third-order valence-electron chi connectivity index (χ3n) is 13.1. The van der Waals surface area contributed by atoms with Crippen LogP contribution in [0.15, 0.2) is 72.8 Å². The van der Waals surface area contributed by atoms with Crippen LogP contribution in [0.5, 0.6) is 34.5 Å². The summed E-state index contributed by atoms with van der Waals surface area (Å²) in [6.45, 7) is 54.9. The van der Waals surface area contributed by atoms with Gasteiger partial charge >= 0.3 is 0 Å². The first-order valence-corrected chi connectivity index (χ1v) is 49.1. The van der Waals surface area contributed by atoms with Gasteiger partial charge in [0.2, 0.25) is 49.9 Å². The van der Waals surface area contributed by atoms with Crippen molar-refractivity contribution < 1.29 is 26.6 Å². The normalized spacial score (nSPS) is 13.8. The molecule has 0 fully saturated rings. The summed E-state index contributed by atoms with van der Waals surface area (Å²) >= 11 is 0. The summed E-state index contributed by atoms with van der Waals surface area (Å²) in [6, 6.07) is 28.4. The first-order chi connectivity index (χ1) is 35.7. The number of aryl methyl sites for hydroxylation is 6. The second-order valence-electron chi connectivity index (χ2n) is 28.8. The van der Waals surface area contributed by atoms with Crippen molar-refractivity contribution in [1.29, 1.82) is 0 Å². The molecule has 0 amide bonds. The maximum atomic E-state index is 7.38. The molecule has 12 bridgehead atoms. The summed E-state index contributed by atoms with van der Waals surface area (Å²) in [4.78, 5) is 0. The molecule has 12 heteroatoms. The molecule has 0 radical (unpaired) electrons. The molecule has 0 heterocycles. The van der Waals surface area contributed by atoms with Crippen LogP contribution < -0.4 is 26.6 Å². The molecule has 0 atom stereocenters. The molecule has 0 unspecified atom stereocenters. The fourth-order valence-corrected chi connectivity index (χ4v) is 16.2. The van der Waals surface area contributed by atoms with Gasteiger partial charge in [-0.05, 0) is 226 Å². The van der Waals surface area contributed by atoms with E-state index in [9.17, 15) is 0 Å². The number of hydrogen-bond donors (Lipinski definition) is 0. The lowest BCUT2D eigenvalue weighted by molar-refractivity contribution is 0.529. The number of benzene rings is 6. The second-order valence-corrected chi connectivity index (χ2v) is 55.4. The molecule has 0 saturated carbocycles. The number of hydrogen-bond acceptors (Lipinski definition) is 6. The minimum Gasteiger partial charge on any atom is -0.544 e. The Morgan fingerprint density at radius 2 is 0.282 bits per heavy atom. The molecule has 0 aliphatic heterocycles. The monoisotopic (exact) mass is 1150 g/mol. The van der Waals surface area contributed by atoms with E-state index in [2.05, 4.69) is 232 Å². The Morgan fingerprint density at radius 1 is 0.192 bits per heavy atom. The molecule has 0 saturated heterocycles. The van der Waals surface area contributed by atoms with Crippen LogP contribution in [0.25, 0.3) is 0 Å². The van der Waals surface area contributed by atoms with Crippen LogP contribution in [0.4, 0.5) is 0 Å². The lowest BCUT2D eigenvalue weighted by Crippen LogP contribution is -2.32. The molecule has 0 spiro atoms. The van der Waals surface area contributed by atoms with Gasteiger partial charge in [-0.3, -0.25) is 0 Å². The van der Waals surface area contributed by atoms with Crippen molar-refractivity contribution >= 4 is 49.9 Å². The van der Waals surface area contributed by atoms with E-state index in [0.29, 0.717) is 38.5 Å². The van der Waals surface area contributed by atoms with Crippen molar-refractivity contribution in [2.75, 3.05) is 0 Å². The van der Waals surface area contributed by atoms with Crippen molar-refractivity contribution in [1.82, 2.24) is 0 Å². The van der Waals surface area contributed by atoms with Gasteiger partial charge in [-0.1, -0.05) is 106 Å². The van der Waals surface area contributed by atoms with Gasteiger partial charge in [0.05, 0.1) is 0 Å². The summed E-state index contributed by atoms with van der Waals surface area (Å²) < 4.78 is 44.3. The van der Waals surface area contributed by atoms with Crippen LogP contribution in [0.3, 0.4) is 0 Å². The number of fused-ring (bicyclic) bond motifs is 12. The predicted octanol–water partition coefficient (Wildman–Crippen LogP) is 18.7. The summed E-state index contributed by atoms with van der Waals surface area (Å²) in [5, 5.41) is 0. The van der Waals surface area contributed by atoms with E-state index in [1.54, 1.807) is 0 Å². The van der Waals surface area contributed by atoms with Gasteiger partial charge in [-0.25, -0.2) is 0 Å². The molecule has 0 N–H and O–H groups in total. The summed E-state index contributed by atoms with van der Waals surface area (Å²) in [7, 11) is -12.9. The van der Waals surface area contributed by atoms with Crippen molar-refractivity contribution in [3.63, 3.8) is 0 Å². The van der Waals surface area contributed by atoms with Crippen LogP contribution in [0.1, 0.15) is 100 Å². The minimum atomic E-state index is -2.16. The smallest absolute Gasteiger partial charge is 0.242 e. The zero-order valence-corrected chi connectivity index (χ0v) is 58.6. The summed E-state index contributed by atoms with van der Waals surface area (Å²) in [5.41, 5.74) is 21.5. The highest BCUT2D eigenvalue weighted by Crippen LogP contribution is 2.44. The summed E-state index contributed by atoms with van der Waals surface area (Å²) in [6.07, 6.45) is 4.02. The van der Waals surface area contributed by atoms with Crippen molar-refractivity contribution in [2.45, 2.75) is 198 Å². The Bertz CT molecular complexity index is 2510. The SMILES string of the molecule is Cc1cc2c(O[Si](C)(C)C)c(c1)Cc1cc(C)cc(c1O[Si](C)(C)C)Cc1cc(C)cc(c1O[Si](C)(C)C)Cc1cc(C)cc(c1O[Si](C)(C)C)Cc1cc(C)cc(c1O[Si](C)(C)C)Cc1cc(C)cc(c1O[Si](C)(C)C)C2. The lowest BCUT2D eigenvalue weighted by atomic mass is 9.89. The minimum absolute atomic E-state index is 0.669. The Kier molecular flexibility index (Phi) is 17.8. The maximum absolute atomic E-state index is 7.38. The van der Waals surface area contributed by atoms with Crippen LogP contribution in [0, 0.1) is 41.5 Å². The average Bonchev–Trinajstić information content (AvgIpc) is 3.29. The third-order valence-corrected chi connectivity index (χ3v) is 18.0. The molecule has 7 rings (SSSR count). The Balaban J connectivity index is 1.63. The van der Waals surface area contributed by atoms with Gasteiger partial charge in [0.15, 0.2) is 0 Å². The van der Waals surface area contributed by atoms with E-state index in [0.717, 1.165) is 34.5 Å². The molecule has 420 valence electrons. The number of rotatable bonds is 12. The van der Waals surface area contributed by atoms with Crippen molar-refractivity contribution in [3.05, 3.63) is 173 Å². The molecule has 1 aliphatic rings. The van der Waals surface area contributed by atoms with E-state index >= 15 is 0 Å². The third kappa shape index (κ3) is 16.7. The van der Waals surface area contributed by atoms with E-state index in [4.69, 9.17) is 26.6 Å². The topological polar surface area (TPSA) is 55.4 Å². The molecule has 78 heavy (non-hydrogen) atoms. The van der Waals surface area contributed by atoms with Gasteiger partial charge < -0.3 is 26.6 Å². The highest BCUT2D eigenvalue weighted by molar-refractivity contribution is 6.72. The zero-order chi connectivity index (χ0) is 57.8. The second kappa shape index (κ2) is 22.8. The van der Waals surface area contributed by atoms with Crippen LogP contribution in [-0.4, -0.2) is 49.9 Å². The molecular formula is C66H96O6Si6. The predicted molar refractivity (Wildman–Crippen MR) is 348 cm³/mol. The quantitative estimate of drug-likeness (QED) is 0.114. The fourth-order valence-electron chi connectivity index (χ4n) is 11.0. The lowest BCUT2D eigenvalue weighted by Gasteiger charge is -2.30. The largest absolute Gasteiger partial charge is 0.544 e. The molecule has 1 aliphatic carbocycles. The highest BCUT2D eigenvalue weighted by atomic mass is 28.4. The van der Waals surface area contributed by atoms with Crippen molar-refractivity contribution in [3.8, 4) is 34.5 Å². The summed E-state index contributed by atoms with van der Waals surface area (Å²) in [5.74, 6) is 5.99. The van der Waals surface area contributed by atoms with E-state index in [1.807, 2.05) is 0 Å². The first kappa shape index (κ1) is 61.0. The Hall–Kier alpha value is -4.58.